The second kappa shape index (κ2) is 6.05. The number of hydrogen-bond acceptors (Lipinski definition) is 4. The number of aryl methyl sites for hydroxylation is 2. The van der Waals surface area contributed by atoms with E-state index in [-0.39, 0.29) is 16.5 Å². The first-order chi connectivity index (χ1) is 9.83. The lowest BCUT2D eigenvalue weighted by atomic mass is 10.2. The Morgan fingerprint density at radius 3 is 2.81 bits per heavy atom. The zero-order valence-corrected chi connectivity index (χ0v) is 13.4. The highest BCUT2D eigenvalue weighted by Gasteiger charge is 2.19. The Morgan fingerprint density at radius 2 is 2.14 bits per heavy atom. The number of sulfonamides is 1. The van der Waals surface area contributed by atoms with E-state index < -0.39 is 10.0 Å². The molecule has 0 atom stereocenters. The van der Waals surface area contributed by atoms with E-state index in [2.05, 4.69) is 9.82 Å². The van der Waals surface area contributed by atoms with Gasteiger partial charge in [0, 0.05) is 31.0 Å². The van der Waals surface area contributed by atoms with Gasteiger partial charge in [-0.1, -0.05) is 18.5 Å². The van der Waals surface area contributed by atoms with E-state index in [1.807, 2.05) is 6.92 Å². The Bertz CT molecular complexity index is 756. The number of rotatable bonds is 5. The topological polar surface area (TPSA) is 90.0 Å². The number of benzene rings is 1. The van der Waals surface area contributed by atoms with Crippen LogP contribution in [0.5, 0.6) is 0 Å². The maximum Gasteiger partial charge on any atom is 0.242 e. The first-order valence-corrected chi connectivity index (χ1v) is 8.25. The number of halogens is 1. The first kappa shape index (κ1) is 15.8. The van der Waals surface area contributed by atoms with Gasteiger partial charge < -0.3 is 5.73 Å². The highest BCUT2D eigenvalue weighted by Crippen LogP contribution is 2.23. The number of nitrogens with two attached hydrogens (primary N) is 1. The second-order valence-electron chi connectivity index (χ2n) is 4.64. The lowest BCUT2D eigenvalue weighted by Gasteiger charge is -2.09. The zero-order valence-electron chi connectivity index (χ0n) is 11.8. The van der Waals surface area contributed by atoms with Crippen LogP contribution >= 0.6 is 11.6 Å². The predicted octanol–water partition coefficient (Wildman–Crippen LogP) is 1.70. The van der Waals surface area contributed by atoms with Crippen LogP contribution in [-0.4, -0.2) is 18.2 Å². The van der Waals surface area contributed by atoms with Crippen LogP contribution in [0.25, 0.3) is 0 Å². The summed E-state index contributed by atoms with van der Waals surface area (Å²) in [5, 5.41) is 4.41. The van der Waals surface area contributed by atoms with Crippen molar-refractivity contribution in [1.82, 2.24) is 14.5 Å². The van der Waals surface area contributed by atoms with Crippen molar-refractivity contribution in [2.75, 3.05) is 5.73 Å². The highest BCUT2D eigenvalue weighted by molar-refractivity contribution is 7.89. The maximum atomic E-state index is 12.3. The van der Waals surface area contributed by atoms with Crippen LogP contribution in [0.4, 0.5) is 5.69 Å². The van der Waals surface area contributed by atoms with Gasteiger partial charge in [0.1, 0.15) is 4.90 Å². The molecule has 0 fully saturated rings. The molecular formula is C13H17ClN4O2S. The smallest absolute Gasteiger partial charge is 0.242 e. The highest BCUT2D eigenvalue weighted by atomic mass is 35.5. The van der Waals surface area contributed by atoms with E-state index in [1.54, 1.807) is 24.0 Å². The summed E-state index contributed by atoms with van der Waals surface area (Å²) in [4.78, 5) is -0.0221. The van der Waals surface area contributed by atoms with E-state index in [4.69, 9.17) is 17.3 Å². The molecule has 0 aliphatic carbocycles. The minimum absolute atomic E-state index is 0.0221. The molecule has 2 aromatic rings. The van der Waals surface area contributed by atoms with Crippen LogP contribution in [0.1, 0.15) is 18.2 Å². The second-order valence-corrected chi connectivity index (χ2v) is 6.79. The van der Waals surface area contributed by atoms with Gasteiger partial charge in [-0.25, -0.2) is 13.1 Å². The minimum atomic E-state index is -3.73. The number of hydrogen-bond donors (Lipinski definition) is 2. The zero-order chi connectivity index (χ0) is 15.6. The molecule has 2 rings (SSSR count). The molecule has 3 N–H and O–H groups in total. The van der Waals surface area contributed by atoms with Gasteiger partial charge in [-0.2, -0.15) is 5.10 Å². The average molecular weight is 329 g/mol. The molecule has 0 radical (unpaired) electrons. The van der Waals surface area contributed by atoms with Crippen LogP contribution in [-0.2, 0) is 30.0 Å². The number of nitrogens with one attached hydrogen (secondary N) is 1. The van der Waals surface area contributed by atoms with E-state index in [1.165, 1.54) is 12.1 Å². The van der Waals surface area contributed by atoms with Crippen molar-refractivity contribution >= 4 is 27.3 Å². The van der Waals surface area contributed by atoms with E-state index >= 15 is 0 Å². The van der Waals surface area contributed by atoms with Crippen molar-refractivity contribution in [3.63, 3.8) is 0 Å². The molecule has 114 valence electrons. The predicted molar refractivity (Wildman–Crippen MR) is 82.5 cm³/mol. The molecule has 6 nitrogen and oxygen atoms in total. The van der Waals surface area contributed by atoms with Crippen LogP contribution < -0.4 is 10.5 Å². The molecule has 0 saturated carbocycles. The molecule has 0 aliphatic rings. The van der Waals surface area contributed by atoms with E-state index in [0.29, 0.717) is 5.69 Å². The summed E-state index contributed by atoms with van der Waals surface area (Å²) in [6.07, 6.45) is 2.53. The molecule has 1 aromatic carbocycles. The largest absolute Gasteiger partial charge is 0.399 e. The fraction of sp³-hybridized carbons (Fsp3) is 0.308. The van der Waals surface area contributed by atoms with Crippen LogP contribution in [0, 0.1) is 0 Å². The number of nitrogen functional groups attached to an aromatic ring is 1. The molecule has 21 heavy (non-hydrogen) atoms. The molecule has 1 aromatic heterocycles. The summed E-state index contributed by atoms with van der Waals surface area (Å²) >= 11 is 5.93. The van der Waals surface area contributed by atoms with Crippen molar-refractivity contribution in [1.29, 1.82) is 0 Å². The Balaban J connectivity index is 2.23. The lowest BCUT2D eigenvalue weighted by molar-refractivity contribution is 0.581. The first-order valence-electron chi connectivity index (χ1n) is 6.39. The quantitative estimate of drug-likeness (QED) is 0.817. The Morgan fingerprint density at radius 1 is 1.43 bits per heavy atom. The van der Waals surface area contributed by atoms with Crippen molar-refractivity contribution in [3.8, 4) is 0 Å². The Kier molecular flexibility index (Phi) is 4.55. The molecule has 0 amide bonds. The van der Waals surface area contributed by atoms with Gasteiger partial charge in [0.25, 0.3) is 0 Å². The van der Waals surface area contributed by atoms with Crippen molar-refractivity contribution in [2.24, 2.45) is 7.05 Å². The molecule has 0 aliphatic heterocycles. The molecule has 8 heteroatoms. The molecular weight excluding hydrogens is 312 g/mol. The number of nitrogens with zero attached hydrogens (tertiary/aromatic N) is 2. The molecule has 0 spiro atoms. The normalized spacial score (nSPS) is 11.8. The van der Waals surface area contributed by atoms with Gasteiger partial charge >= 0.3 is 0 Å². The van der Waals surface area contributed by atoms with Crippen molar-refractivity contribution in [3.05, 3.63) is 40.7 Å². The maximum absolute atomic E-state index is 12.3. The summed E-state index contributed by atoms with van der Waals surface area (Å²) in [6.45, 7) is 2.12. The molecule has 1 heterocycles. The molecule has 0 bridgehead atoms. The van der Waals surface area contributed by atoms with E-state index in [0.717, 1.165) is 17.7 Å². The minimum Gasteiger partial charge on any atom is -0.399 e. The van der Waals surface area contributed by atoms with Crippen LogP contribution in [0.15, 0.2) is 29.3 Å². The molecule has 0 saturated heterocycles. The number of aromatic nitrogens is 2. The number of anilines is 1. The molecule has 0 unspecified atom stereocenters. The third-order valence-electron chi connectivity index (χ3n) is 3.02. The van der Waals surface area contributed by atoms with Gasteiger partial charge in [0.15, 0.2) is 0 Å². The summed E-state index contributed by atoms with van der Waals surface area (Å²) in [5.41, 5.74) is 7.66. The van der Waals surface area contributed by atoms with Crippen molar-refractivity contribution in [2.45, 2.75) is 24.8 Å². The summed E-state index contributed by atoms with van der Waals surface area (Å²) in [5.74, 6) is 0. The van der Waals surface area contributed by atoms with Gasteiger partial charge in [-0.3, -0.25) is 4.68 Å². The van der Waals surface area contributed by atoms with Gasteiger partial charge in [-0.05, 0) is 24.6 Å². The summed E-state index contributed by atoms with van der Waals surface area (Å²) in [6, 6.07) is 4.36. The van der Waals surface area contributed by atoms with Crippen LogP contribution in [0.3, 0.4) is 0 Å². The van der Waals surface area contributed by atoms with Gasteiger partial charge in [0.05, 0.1) is 10.7 Å². The monoisotopic (exact) mass is 328 g/mol. The van der Waals surface area contributed by atoms with Gasteiger partial charge in [0.2, 0.25) is 10.0 Å². The van der Waals surface area contributed by atoms with Gasteiger partial charge in [-0.15, -0.1) is 0 Å². The van der Waals surface area contributed by atoms with Crippen LogP contribution in [0.2, 0.25) is 5.02 Å². The Labute approximate surface area is 129 Å². The standard InChI is InChI=1S/C13H17ClN4O2S/c1-3-12-9(8-18(2)17-12)7-16-21(19,20)13-6-10(15)4-5-11(13)14/h4-6,8,16H,3,7,15H2,1-2H3. The summed E-state index contributed by atoms with van der Waals surface area (Å²) < 4.78 is 28.8. The Hall–Kier alpha value is -1.57. The summed E-state index contributed by atoms with van der Waals surface area (Å²) in [7, 11) is -1.93. The van der Waals surface area contributed by atoms with Crippen molar-refractivity contribution < 1.29 is 8.42 Å². The fourth-order valence-electron chi connectivity index (χ4n) is 2.01. The average Bonchev–Trinajstić information content (AvgIpc) is 2.79. The fourth-order valence-corrected chi connectivity index (χ4v) is 3.54. The SMILES string of the molecule is CCc1nn(C)cc1CNS(=O)(=O)c1cc(N)ccc1Cl. The lowest BCUT2D eigenvalue weighted by Crippen LogP contribution is -2.24. The third kappa shape index (κ3) is 3.55. The van der Waals surface area contributed by atoms with E-state index in [9.17, 15) is 8.42 Å². The third-order valence-corrected chi connectivity index (χ3v) is 4.91.